The predicted octanol–water partition coefficient (Wildman–Crippen LogP) is 3.16. The minimum absolute atomic E-state index is 0.0105. The van der Waals surface area contributed by atoms with Crippen LogP contribution in [0.3, 0.4) is 0 Å². The van der Waals surface area contributed by atoms with Crippen molar-refractivity contribution in [3.63, 3.8) is 0 Å². The molecule has 1 aliphatic rings. The van der Waals surface area contributed by atoms with Gasteiger partial charge in [-0.2, -0.15) is 4.73 Å². The summed E-state index contributed by atoms with van der Waals surface area (Å²) in [6, 6.07) is 8.23. The molecule has 4 rings (SSSR count). The maximum Gasteiger partial charge on any atom is 0.257 e. The van der Waals surface area contributed by atoms with Crippen LogP contribution in [-0.4, -0.2) is 45.4 Å². The number of imidazole rings is 1. The summed E-state index contributed by atoms with van der Waals surface area (Å²) in [4.78, 5) is 18.7. The van der Waals surface area contributed by atoms with E-state index >= 15 is 0 Å². The molecule has 1 saturated heterocycles. The maximum atomic E-state index is 14.6. The standard InChI is InChI=1S/C23H24F3N5O2/c1-16(30-11-8-23(25,26)20(13-30)18-6-9-31(33)10-7-18)22(32)28-21-14-29(15-27-21)12-17-2-4-19(24)5-3-17/h2-7,9-10,14-16,20H,8,11-13H2,1H3,(H,28,32)/t16-,20+/m0/s1. The Morgan fingerprint density at radius 1 is 1.27 bits per heavy atom. The normalized spacial score (nSPS) is 19.2. The minimum atomic E-state index is -2.93. The van der Waals surface area contributed by atoms with Gasteiger partial charge in [0, 0.05) is 44.4 Å². The fourth-order valence-electron chi connectivity index (χ4n) is 3.99. The highest BCUT2D eigenvalue weighted by Gasteiger charge is 2.46. The quantitative estimate of drug-likeness (QED) is 0.454. The molecule has 7 nitrogen and oxygen atoms in total. The Hall–Kier alpha value is -3.40. The summed E-state index contributed by atoms with van der Waals surface area (Å²) >= 11 is 0. The van der Waals surface area contributed by atoms with Gasteiger partial charge in [0.05, 0.1) is 18.3 Å². The van der Waals surface area contributed by atoms with Crippen LogP contribution in [0.4, 0.5) is 19.0 Å². The molecule has 33 heavy (non-hydrogen) atoms. The first-order valence-corrected chi connectivity index (χ1v) is 10.6. The van der Waals surface area contributed by atoms with E-state index in [4.69, 9.17) is 0 Å². The molecule has 0 saturated carbocycles. The lowest BCUT2D eigenvalue weighted by atomic mass is 9.87. The first kappa shape index (κ1) is 22.8. The van der Waals surface area contributed by atoms with Crippen LogP contribution < -0.4 is 10.0 Å². The summed E-state index contributed by atoms with van der Waals surface area (Å²) in [5.74, 6) is -4.36. The van der Waals surface area contributed by atoms with Crippen molar-refractivity contribution < 1.29 is 22.7 Å². The molecule has 0 aliphatic carbocycles. The molecule has 3 aromatic rings. The van der Waals surface area contributed by atoms with Gasteiger partial charge >= 0.3 is 0 Å². The second-order valence-corrected chi connectivity index (χ2v) is 8.27. The zero-order valence-electron chi connectivity index (χ0n) is 18.0. The Morgan fingerprint density at radius 2 is 1.97 bits per heavy atom. The summed E-state index contributed by atoms with van der Waals surface area (Å²) in [6.45, 7) is 2.19. The highest BCUT2D eigenvalue weighted by Crippen LogP contribution is 2.40. The molecule has 0 bridgehead atoms. The Labute approximate surface area is 189 Å². The third-order valence-electron chi connectivity index (χ3n) is 5.98. The fourth-order valence-corrected chi connectivity index (χ4v) is 3.99. The van der Waals surface area contributed by atoms with E-state index in [2.05, 4.69) is 10.3 Å². The number of halogens is 3. The van der Waals surface area contributed by atoms with Crippen molar-refractivity contribution in [2.24, 2.45) is 0 Å². The van der Waals surface area contributed by atoms with E-state index in [1.165, 1.54) is 36.7 Å². The number of alkyl halides is 2. The van der Waals surface area contributed by atoms with Gasteiger partial charge < -0.3 is 15.1 Å². The molecule has 1 N–H and O–H groups in total. The van der Waals surface area contributed by atoms with Gasteiger partial charge in [0.15, 0.2) is 18.2 Å². The summed E-state index contributed by atoms with van der Waals surface area (Å²) in [5, 5.41) is 14.0. The third-order valence-corrected chi connectivity index (χ3v) is 5.98. The van der Waals surface area contributed by atoms with Gasteiger partial charge in [-0.15, -0.1) is 0 Å². The van der Waals surface area contributed by atoms with Crippen molar-refractivity contribution in [3.8, 4) is 0 Å². The summed E-state index contributed by atoms with van der Waals surface area (Å²) in [5.41, 5.74) is 1.24. The average Bonchev–Trinajstić information content (AvgIpc) is 3.22. The molecule has 1 aromatic carbocycles. The summed E-state index contributed by atoms with van der Waals surface area (Å²) < 4.78 is 44.6. The number of rotatable bonds is 6. The van der Waals surface area contributed by atoms with Gasteiger partial charge in [-0.3, -0.25) is 9.69 Å². The molecule has 0 unspecified atom stereocenters. The zero-order chi connectivity index (χ0) is 23.6. The predicted molar refractivity (Wildman–Crippen MR) is 115 cm³/mol. The van der Waals surface area contributed by atoms with E-state index in [1.54, 1.807) is 41.0 Å². The van der Waals surface area contributed by atoms with Crippen LogP contribution in [0.15, 0.2) is 61.3 Å². The van der Waals surface area contributed by atoms with Gasteiger partial charge in [0.2, 0.25) is 5.91 Å². The van der Waals surface area contributed by atoms with Crippen molar-refractivity contribution in [3.05, 3.63) is 83.5 Å². The van der Waals surface area contributed by atoms with Crippen molar-refractivity contribution in [1.82, 2.24) is 14.5 Å². The number of piperidine rings is 1. The van der Waals surface area contributed by atoms with Gasteiger partial charge in [-0.1, -0.05) is 12.1 Å². The first-order chi connectivity index (χ1) is 15.7. The van der Waals surface area contributed by atoms with Crippen molar-refractivity contribution in [2.45, 2.75) is 37.8 Å². The number of carbonyl (C=O) groups is 1. The summed E-state index contributed by atoms with van der Waals surface area (Å²) in [6.07, 6.45) is 5.22. The van der Waals surface area contributed by atoms with E-state index in [1.807, 2.05) is 0 Å². The second kappa shape index (κ2) is 9.22. The molecule has 0 radical (unpaired) electrons. The second-order valence-electron chi connectivity index (χ2n) is 8.27. The number of likely N-dealkylation sites (tertiary alicyclic amines) is 1. The highest BCUT2D eigenvalue weighted by molar-refractivity contribution is 5.93. The van der Waals surface area contributed by atoms with Crippen LogP contribution in [-0.2, 0) is 11.3 Å². The molecule has 3 heterocycles. The lowest BCUT2D eigenvalue weighted by molar-refractivity contribution is -0.605. The van der Waals surface area contributed by atoms with Crippen molar-refractivity contribution in [2.75, 3.05) is 18.4 Å². The van der Waals surface area contributed by atoms with E-state index in [9.17, 15) is 23.2 Å². The number of amides is 1. The topological polar surface area (TPSA) is 77.1 Å². The summed E-state index contributed by atoms with van der Waals surface area (Å²) in [7, 11) is 0. The molecule has 1 fully saturated rings. The Morgan fingerprint density at radius 3 is 2.67 bits per heavy atom. The SMILES string of the molecule is C[C@@H](C(=O)Nc1cn(Cc2ccc(F)cc2)cn1)N1CCC(F)(F)[C@@H](c2cc[n+]([O-])cc2)C1. The van der Waals surface area contributed by atoms with Crippen LogP contribution >= 0.6 is 0 Å². The number of aromatic nitrogens is 3. The van der Waals surface area contributed by atoms with E-state index in [-0.39, 0.29) is 31.2 Å². The molecule has 2 aromatic heterocycles. The third kappa shape index (κ3) is 5.33. The monoisotopic (exact) mass is 459 g/mol. The van der Waals surface area contributed by atoms with Crippen molar-refractivity contribution in [1.29, 1.82) is 0 Å². The number of hydrogen-bond acceptors (Lipinski definition) is 4. The Balaban J connectivity index is 1.39. The maximum absolute atomic E-state index is 14.6. The number of carbonyl (C=O) groups excluding carboxylic acids is 1. The molecular formula is C23H24F3N5O2. The average molecular weight is 459 g/mol. The van der Waals surface area contributed by atoms with Gasteiger partial charge in [-0.25, -0.2) is 18.2 Å². The van der Waals surface area contributed by atoms with Crippen LogP contribution in [0.5, 0.6) is 0 Å². The molecule has 0 spiro atoms. The van der Waals surface area contributed by atoms with Crippen LogP contribution in [0.2, 0.25) is 0 Å². The van der Waals surface area contributed by atoms with Gasteiger partial charge in [0.25, 0.3) is 5.92 Å². The molecular weight excluding hydrogens is 435 g/mol. The molecule has 2 atom stereocenters. The highest BCUT2D eigenvalue weighted by atomic mass is 19.3. The molecule has 1 aliphatic heterocycles. The number of nitrogens with one attached hydrogen (secondary N) is 1. The van der Waals surface area contributed by atoms with Crippen LogP contribution in [0.25, 0.3) is 0 Å². The smallest absolute Gasteiger partial charge is 0.257 e. The van der Waals surface area contributed by atoms with Crippen LogP contribution in [0, 0.1) is 11.0 Å². The fraction of sp³-hybridized carbons (Fsp3) is 0.348. The van der Waals surface area contributed by atoms with Gasteiger partial charge in [-0.05, 0) is 30.2 Å². The molecule has 174 valence electrons. The van der Waals surface area contributed by atoms with Crippen molar-refractivity contribution >= 4 is 11.7 Å². The largest absolute Gasteiger partial charge is 0.619 e. The Bertz CT molecular complexity index is 1100. The number of anilines is 1. The molecule has 1 amide bonds. The van der Waals surface area contributed by atoms with E-state index < -0.39 is 17.9 Å². The number of hydrogen-bond donors (Lipinski definition) is 1. The first-order valence-electron chi connectivity index (χ1n) is 10.6. The zero-order valence-corrected chi connectivity index (χ0v) is 18.0. The van der Waals surface area contributed by atoms with Gasteiger partial charge in [0.1, 0.15) is 5.82 Å². The van der Waals surface area contributed by atoms with E-state index in [0.717, 1.165) is 5.56 Å². The Kier molecular flexibility index (Phi) is 6.37. The van der Waals surface area contributed by atoms with E-state index in [0.29, 0.717) is 22.7 Å². The lowest BCUT2D eigenvalue weighted by Gasteiger charge is -2.40. The number of pyridine rings is 1. The number of nitrogens with zero attached hydrogens (tertiary/aromatic N) is 4. The number of benzene rings is 1. The molecule has 10 heteroatoms. The lowest BCUT2D eigenvalue weighted by Crippen LogP contribution is -2.52. The van der Waals surface area contributed by atoms with Crippen LogP contribution in [0.1, 0.15) is 30.4 Å². The minimum Gasteiger partial charge on any atom is -0.619 e.